The van der Waals surface area contributed by atoms with E-state index in [1.165, 1.54) is 34.1 Å². The number of halogens is 1. The Morgan fingerprint density at radius 3 is 2.55 bits per heavy atom. The van der Waals surface area contributed by atoms with Crippen LogP contribution in [0.2, 0.25) is 0 Å². The van der Waals surface area contributed by atoms with Crippen molar-refractivity contribution < 1.29 is 37.8 Å². The van der Waals surface area contributed by atoms with Gasteiger partial charge in [0.2, 0.25) is 23.6 Å². The molecule has 3 atom stereocenters. The molecular formula is C34H44FN5O7. The zero-order valence-electron chi connectivity index (χ0n) is 27.1. The lowest BCUT2D eigenvalue weighted by Crippen LogP contribution is -2.51. The highest BCUT2D eigenvalue weighted by Crippen LogP contribution is 2.23. The second kappa shape index (κ2) is 16.8. The maximum absolute atomic E-state index is 13.6. The number of likely N-dealkylation sites (N-methyl/N-ethyl adjacent to an activating group) is 1. The van der Waals surface area contributed by atoms with E-state index in [0.29, 0.717) is 31.6 Å². The topological polar surface area (TPSA) is 146 Å². The van der Waals surface area contributed by atoms with Crippen LogP contribution in [0.25, 0.3) is 0 Å². The zero-order chi connectivity index (χ0) is 33.9. The number of carbonyl (C=O) groups excluding carboxylic acids is 5. The van der Waals surface area contributed by atoms with E-state index in [1.807, 2.05) is 13.8 Å². The number of nitrogens with zero attached hydrogens (tertiary/aromatic N) is 2. The van der Waals surface area contributed by atoms with E-state index in [2.05, 4.69) is 16.0 Å². The molecule has 1 fully saturated rings. The van der Waals surface area contributed by atoms with Gasteiger partial charge in [-0.1, -0.05) is 26.0 Å². The van der Waals surface area contributed by atoms with E-state index < -0.39 is 35.8 Å². The van der Waals surface area contributed by atoms with E-state index >= 15 is 0 Å². The normalized spacial score (nSPS) is 21.5. The van der Waals surface area contributed by atoms with Crippen LogP contribution in [0, 0.1) is 11.7 Å². The van der Waals surface area contributed by atoms with Crippen LogP contribution >= 0.6 is 0 Å². The lowest BCUT2D eigenvalue weighted by Gasteiger charge is -2.29. The summed E-state index contributed by atoms with van der Waals surface area (Å²) in [5.41, 5.74) is 0.192. The van der Waals surface area contributed by atoms with Crippen LogP contribution in [-0.2, 0) is 19.2 Å². The van der Waals surface area contributed by atoms with Gasteiger partial charge < -0.3 is 35.2 Å². The Labute approximate surface area is 274 Å². The number of hydrogen-bond acceptors (Lipinski definition) is 7. The van der Waals surface area contributed by atoms with E-state index in [4.69, 9.17) is 9.47 Å². The average molecular weight is 654 g/mol. The fraction of sp³-hybridized carbons (Fsp3) is 0.500. The predicted octanol–water partition coefficient (Wildman–Crippen LogP) is 2.27. The van der Waals surface area contributed by atoms with Crippen molar-refractivity contribution in [2.75, 3.05) is 39.9 Å². The van der Waals surface area contributed by atoms with E-state index in [9.17, 15) is 28.4 Å². The molecule has 2 aliphatic heterocycles. The molecule has 0 aliphatic carbocycles. The number of hydrogen-bond donors (Lipinski definition) is 3. The molecule has 0 aromatic heterocycles. The maximum Gasteiger partial charge on any atom is 0.255 e. The molecule has 0 bridgehead atoms. The smallest absolute Gasteiger partial charge is 0.255 e. The average Bonchev–Trinajstić information content (AvgIpc) is 3.53. The summed E-state index contributed by atoms with van der Waals surface area (Å²) in [5, 5.41) is 8.45. The molecule has 3 N–H and O–H groups in total. The van der Waals surface area contributed by atoms with Crippen molar-refractivity contribution in [1.29, 1.82) is 0 Å². The van der Waals surface area contributed by atoms with Crippen molar-refractivity contribution in [2.24, 2.45) is 5.92 Å². The molecule has 2 aromatic rings. The minimum atomic E-state index is -1.09. The fourth-order valence-electron chi connectivity index (χ4n) is 5.76. The van der Waals surface area contributed by atoms with Crippen molar-refractivity contribution in [3.63, 3.8) is 0 Å². The lowest BCUT2D eigenvalue weighted by atomic mass is 10.0. The molecule has 2 aliphatic rings. The third-order valence-electron chi connectivity index (χ3n) is 8.06. The highest BCUT2D eigenvalue weighted by molar-refractivity contribution is 6.00. The predicted molar refractivity (Wildman–Crippen MR) is 171 cm³/mol. The number of ether oxygens (including phenoxy) is 2. The molecule has 2 heterocycles. The first-order chi connectivity index (χ1) is 22.5. The number of benzene rings is 2. The number of amides is 5. The molecule has 5 amide bonds. The Balaban J connectivity index is 1.54. The second-order valence-electron chi connectivity index (χ2n) is 12.3. The van der Waals surface area contributed by atoms with Gasteiger partial charge in [0.25, 0.3) is 5.91 Å². The molecule has 254 valence electrons. The van der Waals surface area contributed by atoms with Gasteiger partial charge in [-0.2, -0.15) is 0 Å². The SMILES string of the molecule is CC(C)C[C@H]1COc2ccccc2C(=O)N[C@H](C(=O)NCCOc2ccc(F)cc2)CCC(=O)N2CCC[C@H]2C(=O)N(C)CC(=O)N1. The van der Waals surface area contributed by atoms with Gasteiger partial charge in [0.15, 0.2) is 0 Å². The summed E-state index contributed by atoms with van der Waals surface area (Å²) >= 11 is 0. The lowest BCUT2D eigenvalue weighted by molar-refractivity contribution is -0.144. The van der Waals surface area contributed by atoms with Crippen molar-refractivity contribution in [3.8, 4) is 11.5 Å². The molecule has 13 heteroatoms. The van der Waals surface area contributed by atoms with E-state index in [1.54, 1.807) is 31.3 Å². The van der Waals surface area contributed by atoms with Gasteiger partial charge in [0.05, 0.1) is 24.7 Å². The van der Waals surface area contributed by atoms with Crippen LogP contribution in [0.5, 0.6) is 11.5 Å². The van der Waals surface area contributed by atoms with Crippen LogP contribution < -0.4 is 25.4 Å². The van der Waals surface area contributed by atoms with Crippen LogP contribution in [0.1, 0.15) is 56.3 Å². The van der Waals surface area contributed by atoms with E-state index in [0.717, 1.165) is 0 Å². The fourth-order valence-corrected chi connectivity index (χ4v) is 5.76. The zero-order valence-corrected chi connectivity index (χ0v) is 27.1. The molecule has 1 saturated heterocycles. The van der Waals surface area contributed by atoms with Gasteiger partial charge >= 0.3 is 0 Å². The van der Waals surface area contributed by atoms with Crippen molar-refractivity contribution >= 4 is 29.5 Å². The highest BCUT2D eigenvalue weighted by Gasteiger charge is 2.36. The summed E-state index contributed by atoms with van der Waals surface area (Å²) in [5.74, 6) is -1.57. The quantitative estimate of drug-likeness (QED) is 0.389. The summed E-state index contributed by atoms with van der Waals surface area (Å²) in [7, 11) is 1.54. The summed E-state index contributed by atoms with van der Waals surface area (Å²) in [6.45, 7) is 4.48. The minimum Gasteiger partial charge on any atom is -0.492 e. The Hall–Kier alpha value is -4.68. The number of rotatable bonds is 7. The van der Waals surface area contributed by atoms with Crippen molar-refractivity contribution in [2.45, 2.75) is 64.1 Å². The van der Waals surface area contributed by atoms with Crippen LogP contribution in [-0.4, -0.2) is 97.4 Å². The molecule has 4 rings (SSSR count). The van der Waals surface area contributed by atoms with Gasteiger partial charge in [0.1, 0.15) is 42.6 Å². The third-order valence-corrected chi connectivity index (χ3v) is 8.06. The standard InChI is InChI=1S/C34H44FN5O7/c1-22(2)19-24-21-47-29-9-5-4-7-26(29)32(43)38-27(33(44)36-16-18-46-25-12-10-23(35)11-13-25)14-15-31(42)40-17-6-8-28(40)34(45)39(3)20-30(41)37-24/h4-5,7,9-13,22,24,27-28H,6,8,14-21H2,1-3H3,(H,36,44)(H,37,41)(H,38,43)/t24-,27-,28-/m0/s1. The van der Waals surface area contributed by atoms with Gasteiger partial charge in [-0.3, -0.25) is 24.0 Å². The monoisotopic (exact) mass is 653 g/mol. The molecule has 47 heavy (non-hydrogen) atoms. The largest absolute Gasteiger partial charge is 0.492 e. The summed E-state index contributed by atoms with van der Waals surface area (Å²) in [6.07, 6.45) is 1.56. The number of para-hydroxylation sites is 1. The molecule has 12 nitrogen and oxygen atoms in total. The maximum atomic E-state index is 13.6. The first kappa shape index (κ1) is 35.2. The minimum absolute atomic E-state index is 0.0234. The van der Waals surface area contributed by atoms with E-state index in [-0.39, 0.29) is 74.1 Å². The van der Waals surface area contributed by atoms with Crippen molar-refractivity contribution in [3.05, 3.63) is 59.9 Å². The van der Waals surface area contributed by atoms with Crippen LogP contribution in [0.3, 0.4) is 0 Å². The van der Waals surface area contributed by atoms with Crippen molar-refractivity contribution in [1.82, 2.24) is 25.8 Å². The highest BCUT2D eigenvalue weighted by atomic mass is 19.1. The number of fused-ring (bicyclic) bond motifs is 2. The number of nitrogens with one attached hydrogen (secondary N) is 3. The molecule has 0 unspecified atom stereocenters. The number of carbonyl (C=O) groups is 5. The summed E-state index contributed by atoms with van der Waals surface area (Å²) in [4.78, 5) is 69.5. The van der Waals surface area contributed by atoms with Crippen LogP contribution in [0.4, 0.5) is 4.39 Å². The molecular weight excluding hydrogens is 609 g/mol. The third kappa shape index (κ3) is 10.2. The van der Waals surface area contributed by atoms with Gasteiger partial charge in [-0.05, 0) is 68.0 Å². The van der Waals surface area contributed by atoms with Crippen LogP contribution in [0.15, 0.2) is 48.5 Å². The Bertz CT molecular complexity index is 1420. The first-order valence-electron chi connectivity index (χ1n) is 16.0. The van der Waals surface area contributed by atoms with Gasteiger partial charge in [-0.15, -0.1) is 0 Å². The van der Waals surface area contributed by atoms with Gasteiger partial charge in [0, 0.05) is 20.0 Å². The van der Waals surface area contributed by atoms with Gasteiger partial charge in [-0.25, -0.2) is 4.39 Å². The Morgan fingerprint density at radius 1 is 1.06 bits per heavy atom. The molecule has 0 saturated carbocycles. The summed E-state index contributed by atoms with van der Waals surface area (Å²) in [6, 6.07) is 9.87. The molecule has 2 aromatic carbocycles. The molecule has 0 spiro atoms. The second-order valence-corrected chi connectivity index (χ2v) is 12.3. The molecule has 0 radical (unpaired) electrons. The Kier molecular flexibility index (Phi) is 12.5. The Morgan fingerprint density at radius 2 is 1.81 bits per heavy atom. The first-order valence-corrected chi connectivity index (χ1v) is 16.0. The summed E-state index contributed by atoms with van der Waals surface area (Å²) < 4.78 is 24.8.